The van der Waals surface area contributed by atoms with Crippen LogP contribution >= 0.6 is 0 Å². The predicted molar refractivity (Wildman–Crippen MR) is 75.5 cm³/mol. The first-order valence-electron chi connectivity index (χ1n) is 7.93. The van der Waals surface area contributed by atoms with Crippen LogP contribution < -0.4 is 11.1 Å². The van der Waals surface area contributed by atoms with E-state index in [1.807, 2.05) is 0 Å². The minimum absolute atomic E-state index is 0.544. The Morgan fingerprint density at radius 1 is 0.944 bits per heavy atom. The van der Waals surface area contributed by atoms with Gasteiger partial charge in [0.2, 0.25) is 0 Å². The van der Waals surface area contributed by atoms with E-state index < -0.39 is 0 Å². The van der Waals surface area contributed by atoms with E-state index in [1.165, 1.54) is 64.2 Å². The predicted octanol–water partition coefficient (Wildman–Crippen LogP) is 2.80. The van der Waals surface area contributed by atoms with E-state index in [4.69, 9.17) is 10.7 Å². The number of nitrogens with one attached hydrogen (secondary N) is 1. The van der Waals surface area contributed by atoms with Gasteiger partial charge in [-0.25, -0.2) is 4.99 Å². The highest BCUT2D eigenvalue weighted by Crippen LogP contribution is 2.46. The fourth-order valence-electron chi connectivity index (χ4n) is 3.91. The van der Waals surface area contributed by atoms with E-state index in [2.05, 4.69) is 5.32 Å². The molecule has 0 saturated heterocycles. The molecular formula is C15H27N3. The third-order valence-electron chi connectivity index (χ3n) is 5.07. The van der Waals surface area contributed by atoms with Crippen molar-refractivity contribution in [3.05, 3.63) is 0 Å². The zero-order valence-electron chi connectivity index (χ0n) is 11.4. The summed E-state index contributed by atoms with van der Waals surface area (Å²) in [7, 11) is 0. The molecule has 0 bridgehead atoms. The van der Waals surface area contributed by atoms with Crippen LogP contribution in [0.2, 0.25) is 0 Å². The van der Waals surface area contributed by atoms with Crippen molar-refractivity contribution in [2.24, 2.45) is 22.6 Å². The maximum absolute atomic E-state index is 6.03. The summed E-state index contributed by atoms with van der Waals surface area (Å²) in [5.41, 5.74) is 6.03. The van der Waals surface area contributed by atoms with Crippen LogP contribution in [0.4, 0.5) is 0 Å². The van der Waals surface area contributed by atoms with Gasteiger partial charge < -0.3 is 11.1 Å². The molecule has 0 heterocycles. The van der Waals surface area contributed by atoms with Gasteiger partial charge in [0.25, 0.3) is 0 Å². The molecule has 3 saturated carbocycles. The molecule has 3 heteroatoms. The van der Waals surface area contributed by atoms with Crippen molar-refractivity contribution in [1.29, 1.82) is 0 Å². The fourth-order valence-corrected chi connectivity index (χ4v) is 3.91. The molecular weight excluding hydrogens is 222 g/mol. The smallest absolute Gasteiger partial charge is 0.189 e. The summed E-state index contributed by atoms with van der Waals surface area (Å²) in [6.45, 7) is 0. The zero-order chi connectivity index (χ0) is 12.4. The van der Waals surface area contributed by atoms with Crippen LogP contribution in [0, 0.1) is 11.8 Å². The van der Waals surface area contributed by atoms with Crippen molar-refractivity contribution < 1.29 is 0 Å². The van der Waals surface area contributed by atoms with Crippen molar-refractivity contribution in [2.75, 3.05) is 0 Å². The lowest BCUT2D eigenvalue weighted by Crippen LogP contribution is -2.38. The minimum Gasteiger partial charge on any atom is -0.370 e. The standard InChI is InChI=1S/C15H27N3/c16-15(17-12-8-4-5-9-12)18-14-10-13(14)11-6-2-1-3-7-11/h11-14H,1-10H2,(H3,16,17,18). The first kappa shape index (κ1) is 12.3. The fraction of sp³-hybridized carbons (Fsp3) is 0.933. The van der Waals surface area contributed by atoms with Gasteiger partial charge in [0.1, 0.15) is 0 Å². The molecule has 3 nitrogen and oxygen atoms in total. The van der Waals surface area contributed by atoms with Crippen LogP contribution in [0.1, 0.15) is 64.2 Å². The molecule has 0 aliphatic heterocycles. The van der Waals surface area contributed by atoms with Gasteiger partial charge in [0.15, 0.2) is 5.96 Å². The Hall–Kier alpha value is -0.730. The normalized spacial score (nSPS) is 34.8. The topological polar surface area (TPSA) is 50.4 Å². The van der Waals surface area contributed by atoms with E-state index in [9.17, 15) is 0 Å². The van der Waals surface area contributed by atoms with Crippen LogP contribution in [0.5, 0.6) is 0 Å². The van der Waals surface area contributed by atoms with Gasteiger partial charge >= 0.3 is 0 Å². The molecule has 3 aliphatic carbocycles. The van der Waals surface area contributed by atoms with Gasteiger partial charge in [-0.05, 0) is 31.1 Å². The summed E-state index contributed by atoms with van der Waals surface area (Å²) in [6.07, 6.45) is 13.7. The van der Waals surface area contributed by atoms with E-state index >= 15 is 0 Å². The van der Waals surface area contributed by atoms with Gasteiger partial charge in [-0.1, -0.05) is 44.9 Å². The average molecular weight is 249 g/mol. The molecule has 2 unspecified atom stereocenters. The van der Waals surface area contributed by atoms with E-state index in [-0.39, 0.29) is 0 Å². The van der Waals surface area contributed by atoms with Crippen LogP contribution in [0.3, 0.4) is 0 Å². The van der Waals surface area contributed by atoms with Crippen LogP contribution in [-0.4, -0.2) is 18.0 Å². The molecule has 0 amide bonds. The number of hydrogen-bond acceptors (Lipinski definition) is 1. The van der Waals surface area contributed by atoms with E-state index in [0.717, 1.165) is 11.8 Å². The summed E-state index contributed by atoms with van der Waals surface area (Å²) in [5.74, 6) is 2.52. The highest BCUT2D eigenvalue weighted by Gasteiger charge is 2.43. The lowest BCUT2D eigenvalue weighted by Gasteiger charge is -2.21. The molecule has 102 valence electrons. The molecule has 0 aromatic heterocycles. The Morgan fingerprint density at radius 3 is 2.33 bits per heavy atom. The largest absolute Gasteiger partial charge is 0.370 e. The van der Waals surface area contributed by atoms with Crippen LogP contribution in [-0.2, 0) is 0 Å². The Bertz CT molecular complexity index is 301. The number of rotatable bonds is 3. The maximum Gasteiger partial charge on any atom is 0.189 e. The van der Waals surface area contributed by atoms with Crippen molar-refractivity contribution in [2.45, 2.75) is 76.3 Å². The van der Waals surface area contributed by atoms with E-state index in [0.29, 0.717) is 18.0 Å². The van der Waals surface area contributed by atoms with Crippen molar-refractivity contribution in [3.8, 4) is 0 Å². The Labute approximate surface area is 111 Å². The van der Waals surface area contributed by atoms with Crippen molar-refractivity contribution in [1.82, 2.24) is 5.32 Å². The molecule has 0 aromatic rings. The molecule has 0 spiro atoms. The Morgan fingerprint density at radius 2 is 1.61 bits per heavy atom. The first-order chi connectivity index (χ1) is 8.83. The number of nitrogens with two attached hydrogens (primary N) is 1. The third kappa shape index (κ3) is 2.99. The molecule has 0 radical (unpaired) electrons. The molecule has 3 fully saturated rings. The number of guanidine groups is 1. The minimum atomic E-state index is 0.544. The second kappa shape index (κ2) is 5.50. The summed E-state index contributed by atoms with van der Waals surface area (Å²) >= 11 is 0. The highest BCUT2D eigenvalue weighted by molar-refractivity contribution is 5.78. The van der Waals surface area contributed by atoms with Gasteiger partial charge in [-0.3, -0.25) is 0 Å². The van der Waals surface area contributed by atoms with Crippen molar-refractivity contribution in [3.63, 3.8) is 0 Å². The Kier molecular flexibility index (Phi) is 3.76. The summed E-state index contributed by atoms with van der Waals surface area (Å²) in [6, 6.07) is 1.14. The SMILES string of the molecule is NC(=NC1CC1C1CCCCC1)NC1CCCC1. The first-order valence-corrected chi connectivity index (χ1v) is 7.93. The summed E-state index contributed by atoms with van der Waals surface area (Å²) < 4.78 is 0. The van der Waals surface area contributed by atoms with E-state index in [1.54, 1.807) is 0 Å². The van der Waals surface area contributed by atoms with Gasteiger partial charge in [-0.2, -0.15) is 0 Å². The molecule has 0 aromatic carbocycles. The molecule has 2 atom stereocenters. The Balaban J connectivity index is 1.45. The molecule has 3 aliphatic rings. The zero-order valence-corrected chi connectivity index (χ0v) is 11.4. The second-order valence-electron chi connectivity index (χ2n) is 6.51. The van der Waals surface area contributed by atoms with Gasteiger partial charge in [0.05, 0.1) is 6.04 Å². The number of aliphatic imine (C=N–C) groups is 1. The molecule has 3 N–H and O–H groups in total. The van der Waals surface area contributed by atoms with Crippen LogP contribution in [0.15, 0.2) is 4.99 Å². The second-order valence-corrected chi connectivity index (χ2v) is 6.51. The number of nitrogens with zero attached hydrogens (tertiary/aromatic N) is 1. The van der Waals surface area contributed by atoms with Gasteiger partial charge in [-0.15, -0.1) is 0 Å². The average Bonchev–Trinajstić information content (AvgIpc) is 2.95. The molecule has 18 heavy (non-hydrogen) atoms. The van der Waals surface area contributed by atoms with Crippen molar-refractivity contribution >= 4 is 5.96 Å². The maximum atomic E-state index is 6.03. The molecule has 3 rings (SSSR count). The quantitative estimate of drug-likeness (QED) is 0.597. The van der Waals surface area contributed by atoms with Gasteiger partial charge in [0, 0.05) is 6.04 Å². The highest BCUT2D eigenvalue weighted by atomic mass is 15.1. The lowest BCUT2D eigenvalue weighted by molar-refractivity contribution is 0.318. The van der Waals surface area contributed by atoms with Crippen LogP contribution in [0.25, 0.3) is 0 Å². The third-order valence-corrected chi connectivity index (χ3v) is 5.07. The lowest BCUT2D eigenvalue weighted by atomic mass is 9.85. The summed E-state index contributed by atoms with van der Waals surface area (Å²) in [5, 5.41) is 3.40. The monoisotopic (exact) mass is 249 g/mol. The number of hydrogen-bond donors (Lipinski definition) is 2. The summed E-state index contributed by atoms with van der Waals surface area (Å²) in [4.78, 5) is 4.69.